The Morgan fingerprint density at radius 3 is 2.68 bits per heavy atom. The Bertz CT molecular complexity index is 1310. The highest BCUT2D eigenvalue weighted by Crippen LogP contribution is 2.32. The van der Waals surface area contributed by atoms with Crippen LogP contribution in [0.1, 0.15) is 24.6 Å². The molecule has 7 heteroatoms. The molecular formula is C27H28FN5O. The molecule has 3 heterocycles. The number of benzene rings is 2. The molecule has 1 aliphatic heterocycles. The minimum Gasteiger partial charge on any atom is -0.378 e. The summed E-state index contributed by atoms with van der Waals surface area (Å²) >= 11 is 0. The van der Waals surface area contributed by atoms with Gasteiger partial charge in [0.05, 0.1) is 11.2 Å². The molecule has 1 N–H and O–H groups in total. The number of hydrogen-bond donors (Lipinski definition) is 1. The minimum absolute atomic E-state index is 0.0906. The maximum absolute atomic E-state index is 13.9. The molecule has 6 nitrogen and oxygen atoms in total. The van der Waals surface area contributed by atoms with Gasteiger partial charge < -0.3 is 19.5 Å². The van der Waals surface area contributed by atoms with E-state index in [2.05, 4.69) is 9.72 Å². The topological polar surface area (TPSA) is 52.9 Å². The summed E-state index contributed by atoms with van der Waals surface area (Å²) in [6.45, 7) is 1.29. The van der Waals surface area contributed by atoms with E-state index in [0.717, 1.165) is 46.8 Å². The predicted molar refractivity (Wildman–Crippen MR) is 134 cm³/mol. The molecule has 1 fully saturated rings. The Morgan fingerprint density at radius 1 is 1.09 bits per heavy atom. The Balaban J connectivity index is 1.38. The van der Waals surface area contributed by atoms with E-state index in [1.165, 1.54) is 12.1 Å². The third kappa shape index (κ3) is 4.33. The number of hydrogen-bond acceptors (Lipinski definition) is 3. The summed E-state index contributed by atoms with van der Waals surface area (Å²) in [5.41, 5.74) is 4.30. The van der Waals surface area contributed by atoms with Gasteiger partial charge in [0.15, 0.2) is 0 Å². The van der Waals surface area contributed by atoms with Crippen molar-refractivity contribution in [2.75, 3.05) is 37.4 Å². The van der Waals surface area contributed by atoms with Gasteiger partial charge in [0.2, 0.25) is 0 Å². The van der Waals surface area contributed by atoms with Crippen molar-refractivity contribution in [2.45, 2.75) is 18.8 Å². The quantitative estimate of drug-likeness (QED) is 0.433. The molecule has 0 spiro atoms. The predicted octanol–water partition coefficient (Wildman–Crippen LogP) is 5.62. The number of nitrogens with zero attached hydrogens (tertiary/aromatic N) is 4. The average Bonchev–Trinajstić information content (AvgIpc) is 3.24. The Kier molecular flexibility index (Phi) is 5.92. The summed E-state index contributed by atoms with van der Waals surface area (Å²) in [7, 11) is 3.97. The number of amides is 2. The lowest BCUT2D eigenvalue weighted by Gasteiger charge is -2.32. The number of carbonyl (C=O) groups is 1. The highest BCUT2D eigenvalue weighted by atomic mass is 19.1. The SMILES string of the molecule is CN(C)c1ccc(NC(=O)N2CCC[C@H](c3nc(-c4cccc(F)c4)c4ccccn34)C2)cc1. The van der Waals surface area contributed by atoms with Crippen LogP contribution in [0.3, 0.4) is 0 Å². The molecule has 0 aliphatic carbocycles. The van der Waals surface area contributed by atoms with Gasteiger partial charge in [0.25, 0.3) is 0 Å². The fourth-order valence-electron chi connectivity index (χ4n) is 4.62. The van der Waals surface area contributed by atoms with Gasteiger partial charge in [0.1, 0.15) is 11.6 Å². The molecule has 0 saturated carbocycles. The number of rotatable bonds is 4. The van der Waals surface area contributed by atoms with E-state index in [1.54, 1.807) is 6.07 Å². The summed E-state index contributed by atoms with van der Waals surface area (Å²) in [6.07, 6.45) is 3.83. The maximum atomic E-state index is 13.9. The highest BCUT2D eigenvalue weighted by Gasteiger charge is 2.28. The first kappa shape index (κ1) is 21.9. The zero-order valence-electron chi connectivity index (χ0n) is 19.4. The van der Waals surface area contributed by atoms with Crippen molar-refractivity contribution >= 4 is 22.9 Å². The number of pyridine rings is 1. The number of likely N-dealkylation sites (tertiary alicyclic amines) is 1. The third-order valence-corrected chi connectivity index (χ3v) is 6.38. The molecule has 0 radical (unpaired) electrons. The molecule has 2 aromatic carbocycles. The van der Waals surface area contributed by atoms with Gasteiger partial charge >= 0.3 is 6.03 Å². The summed E-state index contributed by atoms with van der Waals surface area (Å²) < 4.78 is 16.0. The molecule has 2 amide bonds. The Morgan fingerprint density at radius 2 is 1.91 bits per heavy atom. The van der Waals surface area contributed by atoms with Crippen LogP contribution in [0, 0.1) is 5.82 Å². The molecule has 1 atom stereocenters. The van der Waals surface area contributed by atoms with E-state index >= 15 is 0 Å². The summed E-state index contributed by atoms with van der Waals surface area (Å²) in [5.74, 6) is 0.714. The first-order valence-corrected chi connectivity index (χ1v) is 11.6. The van der Waals surface area contributed by atoms with Crippen LogP contribution in [0.15, 0.2) is 72.9 Å². The number of halogens is 1. The van der Waals surface area contributed by atoms with Crippen molar-refractivity contribution in [1.29, 1.82) is 0 Å². The van der Waals surface area contributed by atoms with Crippen LogP contribution in [0.4, 0.5) is 20.6 Å². The summed E-state index contributed by atoms with van der Waals surface area (Å²) in [5, 5.41) is 3.02. The van der Waals surface area contributed by atoms with Gasteiger partial charge in [-0.25, -0.2) is 14.2 Å². The number of imidazole rings is 1. The number of anilines is 2. The van der Waals surface area contributed by atoms with E-state index < -0.39 is 0 Å². The largest absolute Gasteiger partial charge is 0.378 e. The van der Waals surface area contributed by atoms with E-state index in [9.17, 15) is 9.18 Å². The third-order valence-electron chi connectivity index (χ3n) is 6.38. The van der Waals surface area contributed by atoms with Gasteiger partial charge in [0, 0.05) is 56.2 Å². The zero-order chi connectivity index (χ0) is 23.7. The van der Waals surface area contributed by atoms with E-state index in [1.807, 2.05) is 78.6 Å². The molecule has 1 saturated heterocycles. The van der Waals surface area contributed by atoms with Gasteiger partial charge in [-0.2, -0.15) is 0 Å². The molecule has 4 aromatic rings. The first-order valence-electron chi connectivity index (χ1n) is 11.6. The lowest BCUT2D eigenvalue weighted by molar-refractivity contribution is 0.191. The van der Waals surface area contributed by atoms with E-state index in [4.69, 9.17) is 4.98 Å². The Hall–Kier alpha value is -3.87. The van der Waals surface area contributed by atoms with Crippen molar-refractivity contribution in [3.05, 3.63) is 84.6 Å². The fraction of sp³-hybridized carbons (Fsp3) is 0.259. The van der Waals surface area contributed by atoms with Crippen LogP contribution in [0.25, 0.3) is 16.8 Å². The molecule has 0 unspecified atom stereocenters. The van der Waals surface area contributed by atoms with E-state index in [0.29, 0.717) is 13.1 Å². The van der Waals surface area contributed by atoms with Gasteiger partial charge in [-0.05, 0) is 61.4 Å². The van der Waals surface area contributed by atoms with Crippen molar-refractivity contribution in [3.8, 4) is 11.3 Å². The second kappa shape index (κ2) is 9.17. The van der Waals surface area contributed by atoms with Gasteiger partial charge in [-0.1, -0.05) is 18.2 Å². The average molecular weight is 458 g/mol. The smallest absolute Gasteiger partial charge is 0.321 e. The standard InChI is InChI=1S/C27H28FN5O/c1-31(2)23-13-11-22(12-14-23)29-27(34)32-15-6-8-20(18-32)26-30-25(19-7-5-9-21(28)17-19)24-10-3-4-16-33(24)26/h3-5,7,9-14,16-17,20H,6,8,15,18H2,1-2H3,(H,29,34)/t20-/m0/s1. The molecule has 34 heavy (non-hydrogen) atoms. The van der Waals surface area contributed by atoms with Crippen molar-refractivity contribution in [2.24, 2.45) is 0 Å². The molecule has 2 aromatic heterocycles. The molecule has 174 valence electrons. The number of piperidine rings is 1. The molecule has 0 bridgehead atoms. The summed E-state index contributed by atoms with van der Waals surface area (Å²) in [6, 6.07) is 20.2. The summed E-state index contributed by atoms with van der Waals surface area (Å²) in [4.78, 5) is 21.9. The maximum Gasteiger partial charge on any atom is 0.321 e. The van der Waals surface area contributed by atoms with Crippen LogP contribution in [0.2, 0.25) is 0 Å². The van der Waals surface area contributed by atoms with Gasteiger partial charge in [-0.15, -0.1) is 0 Å². The number of urea groups is 1. The van der Waals surface area contributed by atoms with Gasteiger partial charge in [-0.3, -0.25) is 0 Å². The Labute approximate surface area is 198 Å². The van der Waals surface area contributed by atoms with Crippen LogP contribution < -0.4 is 10.2 Å². The molecular weight excluding hydrogens is 429 g/mol. The number of nitrogens with one attached hydrogen (secondary N) is 1. The lowest BCUT2D eigenvalue weighted by atomic mass is 9.97. The highest BCUT2D eigenvalue weighted by molar-refractivity contribution is 5.89. The monoisotopic (exact) mass is 457 g/mol. The lowest BCUT2D eigenvalue weighted by Crippen LogP contribution is -2.42. The fourth-order valence-corrected chi connectivity index (χ4v) is 4.62. The van der Waals surface area contributed by atoms with Crippen LogP contribution in [-0.4, -0.2) is 47.5 Å². The first-order chi connectivity index (χ1) is 16.5. The van der Waals surface area contributed by atoms with E-state index in [-0.39, 0.29) is 17.8 Å². The van der Waals surface area contributed by atoms with Crippen LogP contribution in [0.5, 0.6) is 0 Å². The normalized spacial score (nSPS) is 16.0. The second-order valence-electron chi connectivity index (χ2n) is 8.94. The van der Waals surface area contributed by atoms with Crippen molar-refractivity contribution < 1.29 is 9.18 Å². The number of aromatic nitrogens is 2. The van der Waals surface area contributed by atoms with Crippen molar-refractivity contribution in [3.63, 3.8) is 0 Å². The van der Waals surface area contributed by atoms with Crippen molar-refractivity contribution in [1.82, 2.24) is 14.3 Å². The molecule has 5 rings (SSSR count). The minimum atomic E-state index is -0.282. The van der Waals surface area contributed by atoms with Crippen LogP contribution >= 0.6 is 0 Å². The number of fused-ring (bicyclic) bond motifs is 1. The second-order valence-corrected chi connectivity index (χ2v) is 8.94. The number of carbonyl (C=O) groups excluding carboxylic acids is 1. The zero-order valence-corrected chi connectivity index (χ0v) is 19.4. The van der Waals surface area contributed by atoms with Crippen LogP contribution in [-0.2, 0) is 0 Å². The molecule has 1 aliphatic rings.